The van der Waals surface area contributed by atoms with Gasteiger partial charge in [-0.2, -0.15) is 0 Å². The number of benzene rings is 2. The summed E-state index contributed by atoms with van der Waals surface area (Å²) in [6, 6.07) is 7.36. The largest absolute Gasteiger partial charge is 0.496 e. The van der Waals surface area contributed by atoms with Crippen molar-refractivity contribution >= 4 is 10.0 Å². The van der Waals surface area contributed by atoms with Crippen LogP contribution in [0.3, 0.4) is 0 Å². The quantitative estimate of drug-likeness (QED) is 0.854. The van der Waals surface area contributed by atoms with Crippen LogP contribution in [0.2, 0.25) is 0 Å². The number of ether oxygens (including phenoxy) is 2. The molecule has 0 saturated heterocycles. The van der Waals surface area contributed by atoms with Gasteiger partial charge in [0, 0.05) is 6.54 Å². The fraction of sp³-hybridized carbons (Fsp3) is 0.368. The molecule has 2 aromatic rings. The lowest BCUT2D eigenvalue weighted by atomic mass is 10.0. The molecule has 2 rings (SSSR count). The Labute approximate surface area is 150 Å². The smallest absolute Gasteiger partial charge is 0.241 e. The second-order valence-electron chi connectivity index (χ2n) is 6.06. The van der Waals surface area contributed by atoms with Gasteiger partial charge in [-0.1, -0.05) is 12.1 Å². The Bertz CT molecular complexity index is 840. The zero-order valence-corrected chi connectivity index (χ0v) is 16.4. The normalized spacial score (nSPS) is 11.4. The Morgan fingerprint density at radius 3 is 1.84 bits per heavy atom. The summed E-state index contributed by atoms with van der Waals surface area (Å²) in [5.41, 5.74) is 4.11. The van der Waals surface area contributed by atoms with Crippen LogP contribution in [-0.2, 0) is 16.6 Å². The number of hydrogen-bond donors (Lipinski definition) is 1. The van der Waals surface area contributed by atoms with Gasteiger partial charge in [-0.3, -0.25) is 0 Å². The van der Waals surface area contributed by atoms with Gasteiger partial charge in [-0.05, 0) is 62.1 Å². The summed E-state index contributed by atoms with van der Waals surface area (Å²) in [5, 5.41) is 0. The van der Waals surface area contributed by atoms with Crippen LogP contribution in [0.1, 0.15) is 27.8 Å². The van der Waals surface area contributed by atoms with Crippen LogP contribution < -0.4 is 14.2 Å². The molecular formula is C19H25NO4S. The zero-order chi connectivity index (χ0) is 18.8. The minimum absolute atomic E-state index is 0.0847. The molecule has 0 unspecified atom stereocenters. The van der Waals surface area contributed by atoms with Gasteiger partial charge in [-0.15, -0.1) is 0 Å². The number of sulfonamides is 1. The fourth-order valence-electron chi connectivity index (χ4n) is 2.93. The van der Waals surface area contributed by atoms with Crippen molar-refractivity contribution < 1.29 is 17.9 Å². The van der Waals surface area contributed by atoms with Crippen molar-refractivity contribution in [2.45, 2.75) is 39.1 Å². The maximum atomic E-state index is 13.0. The number of hydrogen-bond acceptors (Lipinski definition) is 4. The molecule has 0 radical (unpaired) electrons. The maximum Gasteiger partial charge on any atom is 0.241 e. The Hall–Kier alpha value is -2.05. The van der Waals surface area contributed by atoms with E-state index in [-0.39, 0.29) is 6.54 Å². The monoisotopic (exact) mass is 363 g/mol. The number of aryl methyl sites for hydroxylation is 2. The highest BCUT2D eigenvalue weighted by Crippen LogP contribution is 2.30. The molecule has 0 spiro atoms. The number of methoxy groups -OCH3 is 2. The van der Waals surface area contributed by atoms with Crippen LogP contribution in [0.25, 0.3) is 0 Å². The highest BCUT2D eigenvalue weighted by molar-refractivity contribution is 7.89. The topological polar surface area (TPSA) is 64.6 Å². The van der Waals surface area contributed by atoms with Crippen LogP contribution in [0.15, 0.2) is 29.2 Å². The molecule has 0 amide bonds. The van der Waals surface area contributed by atoms with E-state index < -0.39 is 10.0 Å². The first-order chi connectivity index (χ1) is 11.7. The van der Waals surface area contributed by atoms with Crippen molar-refractivity contribution in [1.29, 1.82) is 0 Å². The van der Waals surface area contributed by atoms with E-state index >= 15 is 0 Å². The molecule has 0 aliphatic carbocycles. The minimum Gasteiger partial charge on any atom is -0.496 e. The first-order valence-corrected chi connectivity index (χ1v) is 9.48. The van der Waals surface area contributed by atoms with Crippen molar-refractivity contribution in [3.8, 4) is 11.5 Å². The van der Waals surface area contributed by atoms with E-state index in [4.69, 9.17) is 9.47 Å². The van der Waals surface area contributed by atoms with Gasteiger partial charge in [0.25, 0.3) is 0 Å². The molecular weight excluding hydrogens is 338 g/mol. The summed E-state index contributed by atoms with van der Waals surface area (Å²) in [4.78, 5) is 0.346. The molecule has 25 heavy (non-hydrogen) atoms. The lowest BCUT2D eigenvalue weighted by molar-refractivity contribution is 0.384. The van der Waals surface area contributed by atoms with Crippen molar-refractivity contribution in [1.82, 2.24) is 4.72 Å². The van der Waals surface area contributed by atoms with Gasteiger partial charge < -0.3 is 9.47 Å². The Balaban J connectivity index is 2.43. The molecule has 0 aromatic heterocycles. The van der Waals surface area contributed by atoms with E-state index in [0.717, 1.165) is 22.3 Å². The van der Waals surface area contributed by atoms with Gasteiger partial charge >= 0.3 is 0 Å². The minimum atomic E-state index is -3.68. The van der Waals surface area contributed by atoms with Gasteiger partial charge in [0.1, 0.15) is 11.5 Å². The third-order valence-electron chi connectivity index (χ3n) is 4.53. The highest BCUT2D eigenvalue weighted by atomic mass is 32.2. The first kappa shape index (κ1) is 19.3. The highest BCUT2D eigenvalue weighted by Gasteiger charge is 2.23. The Kier molecular flexibility index (Phi) is 5.75. The number of rotatable bonds is 6. The molecule has 0 atom stereocenters. The van der Waals surface area contributed by atoms with Gasteiger partial charge in [0.05, 0.1) is 24.7 Å². The van der Waals surface area contributed by atoms with E-state index in [1.54, 1.807) is 32.4 Å². The van der Waals surface area contributed by atoms with Crippen LogP contribution in [-0.4, -0.2) is 22.6 Å². The molecule has 0 aliphatic rings. The maximum absolute atomic E-state index is 13.0. The van der Waals surface area contributed by atoms with E-state index in [0.29, 0.717) is 22.0 Å². The summed E-state index contributed by atoms with van der Waals surface area (Å²) in [6.07, 6.45) is 0. The first-order valence-electron chi connectivity index (χ1n) is 7.99. The standard InChI is InChI=1S/C19H25NO4S/c1-12-10-13(2)15(4)19(14(12)3)25(21,22)20-11-16-17(23-5)8-7-9-18(16)24-6/h7-10,20H,11H2,1-6H3. The fourth-order valence-corrected chi connectivity index (χ4v) is 4.53. The van der Waals surface area contributed by atoms with Gasteiger partial charge in [0.2, 0.25) is 10.0 Å². The average molecular weight is 363 g/mol. The molecule has 6 heteroatoms. The summed E-state index contributed by atoms with van der Waals surface area (Å²) >= 11 is 0. The van der Waals surface area contributed by atoms with Crippen LogP contribution in [0, 0.1) is 27.7 Å². The molecule has 0 aliphatic heterocycles. The Morgan fingerprint density at radius 1 is 0.920 bits per heavy atom. The molecule has 5 nitrogen and oxygen atoms in total. The van der Waals surface area contributed by atoms with Crippen molar-refractivity contribution in [2.24, 2.45) is 0 Å². The van der Waals surface area contributed by atoms with Crippen LogP contribution in [0.4, 0.5) is 0 Å². The van der Waals surface area contributed by atoms with Crippen molar-refractivity contribution in [2.75, 3.05) is 14.2 Å². The van der Waals surface area contributed by atoms with E-state index in [1.807, 2.05) is 33.8 Å². The second-order valence-corrected chi connectivity index (χ2v) is 7.76. The van der Waals surface area contributed by atoms with Crippen LogP contribution in [0.5, 0.6) is 11.5 Å². The average Bonchev–Trinajstić information content (AvgIpc) is 2.57. The van der Waals surface area contributed by atoms with E-state index in [9.17, 15) is 8.42 Å². The van der Waals surface area contributed by atoms with Crippen molar-refractivity contribution in [3.63, 3.8) is 0 Å². The molecule has 0 saturated carbocycles. The summed E-state index contributed by atoms with van der Waals surface area (Å²) in [6.45, 7) is 7.59. The third kappa shape index (κ3) is 3.80. The summed E-state index contributed by atoms with van der Waals surface area (Å²) in [7, 11) is -0.583. The molecule has 0 bridgehead atoms. The molecule has 1 N–H and O–H groups in total. The van der Waals surface area contributed by atoms with E-state index in [1.165, 1.54) is 0 Å². The Morgan fingerprint density at radius 2 is 1.40 bits per heavy atom. The second kappa shape index (κ2) is 7.45. The zero-order valence-electron chi connectivity index (χ0n) is 15.6. The lowest BCUT2D eigenvalue weighted by Crippen LogP contribution is -2.26. The predicted octanol–water partition coefficient (Wildman–Crippen LogP) is 3.42. The molecule has 136 valence electrons. The summed E-state index contributed by atoms with van der Waals surface area (Å²) < 4.78 is 39.3. The van der Waals surface area contributed by atoms with Gasteiger partial charge in [0.15, 0.2) is 0 Å². The third-order valence-corrected chi connectivity index (χ3v) is 6.21. The van der Waals surface area contributed by atoms with Crippen LogP contribution >= 0.6 is 0 Å². The van der Waals surface area contributed by atoms with Crippen molar-refractivity contribution in [3.05, 3.63) is 52.1 Å². The van der Waals surface area contributed by atoms with E-state index in [2.05, 4.69) is 4.72 Å². The molecule has 0 heterocycles. The van der Waals surface area contributed by atoms with Gasteiger partial charge in [-0.25, -0.2) is 13.1 Å². The lowest BCUT2D eigenvalue weighted by Gasteiger charge is -2.18. The summed E-state index contributed by atoms with van der Waals surface area (Å²) in [5.74, 6) is 1.16. The molecule has 0 fully saturated rings. The predicted molar refractivity (Wildman–Crippen MR) is 99.0 cm³/mol. The number of nitrogens with one attached hydrogen (secondary N) is 1. The molecule has 2 aromatic carbocycles. The SMILES string of the molecule is COc1cccc(OC)c1CNS(=O)(=O)c1c(C)c(C)cc(C)c1C.